The van der Waals surface area contributed by atoms with Crippen LogP contribution < -0.4 is 5.32 Å². The molecule has 0 atom stereocenters. The fourth-order valence-corrected chi connectivity index (χ4v) is 1.52. The smallest absolute Gasteiger partial charge is 0.358 e. The van der Waals surface area contributed by atoms with Crippen molar-refractivity contribution < 1.29 is 9.90 Å². The first-order chi connectivity index (χ1) is 6.66. The van der Waals surface area contributed by atoms with Gasteiger partial charge in [-0.3, -0.25) is 4.68 Å². The van der Waals surface area contributed by atoms with Gasteiger partial charge in [-0.2, -0.15) is 5.10 Å². The number of hydrogen-bond acceptors (Lipinski definition) is 3. The van der Waals surface area contributed by atoms with Crippen LogP contribution in [0.5, 0.6) is 0 Å². The molecule has 1 aromatic heterocycles. The summed E-state index contributed by atoms with van der Waals surface area (Å²) in [7, 11) is 1.72. The van der Waals surface area contributed by atoms with Gasteiger partial charge in [0, 0.05) is 19.3 Å². The molecular weight excluding hydrogens is 182 g/mol. The lowest BCUT2D eigenvalue weighted by atomic mass is 9.93. The minimum Gasteiger partial charge on any atom is -0.476 e. The van der Waals surface area contributed by atoms with E-state index in [0.29, 0.717) is 11.7 Å². The van der Waals surface area contributed by atoms with Crippen molar-refractivity contribution in [1.29, 1.82) is 0 Å². The molecule has 0 amide bonds. The van der Waals surface area contributed by atoms with Crippen LogP contribution >= 0.6 is 0 Å². The SMILES string of the molecule is Cn1cc(NC2CCC2)c(C(=O)O)n1. The Balaban J connectivity index is 2.17. The summed E-state index contributed by atoms with van der Waals surface area (Å²) in [4.78, 5) is 10.8. The van der Waals surface area contributed by atoms with Crippen LogP contribution in [0.2, 0.25) is 0 Å². The second-order valence-electron chi connectivity index (χ2n) is 3.64. The number of rotatable bonds is 3. The zero-order valence-electron chi connectivity index (χ0n) is 8.03. The maximum absolute atomic E-state index is 10.8. The first-order valence-corrected chi connectivity index (χ1v) is 4.70. The molecule has 1 fully saturated rings. The maximum Gasteiger partial charge on any atom is 0.358 e. The molecule has 76 valence electrons. The largest absolute Gasteiger partial charge is 0.476 e. The highest BCUT2D eigenvalue weighted by atomic mass is 16.4. The molecule has 14 heavy (non-hydrogen) atoms. The van der Waals surface area contributed by atoms with Gasteiger partial charge in [-0.05, 0) is 19.3 Å². The average Bonchev–Trinajstić information content (AvgIpc) is 2.39. The van der Waals surface area contributed by atoms with Crippen LogP contribution in [0.25, 0.3) is 0 Å². The molecule has 1 aliphatic carbocycles. The maximum atomic E-state index is 10.8. The lowest BCUT2D eigenvalue weighted by Crippen LogP contribution is -2.27. The Kier molecular flexibility index (Phi) is 2.15. The molecule has 0 bridgehead atoms. The van der Waals surface area contributed by atoms with Crippen molar-refractivity contribution in [3.8, 4) is 0 Å². The number of aryl methyl sites for hydroxylation is 1. The van der Waals surface area contributed by atoms with Gasteiger partial charge in [0.2, 0.25) is 0 Å². The predicted molar refractivity (Wildman–Crippen MR) is 51.4 cm³/mol. The third-order valence-electron chi connectivity index (χ3n) is 2.50. The van der Waals surface area contributed by atoms with E-state index in [1.807, 2.05) is 0 Å². The van der Waals surface area contributed by atoms with E-state index < -0.39 is 5.97 Å². The molecule has 1 saturated carbocycles. The van der Waals surface area contributed by atoms with Crippen molar-refractivity contribution in [1.82, 2.24) is 9.78 Å². The van der Waals surface area contributed by atoms with Gasteiger partial charge in [-0.15, -0.1) is 0 Å². The van der Waals surface area contributed by atoms with Crippen LogP contribution in [0.3, 0.4) is 0 Å². The summed E-state index contributed by atoms with van der Waals surface area (Å²) in [6.07, 6.45) is 5.17. The van der Waals surface area contributed by atoms with Gasteiger partial charge in [0.05, 0.1) is 5.69 Å². The normalized spacial score (nSPS) is 16.4. The third-order valence-corrected chi connectivity index (χ3v) is 2.50. The van der Waals surface area contributed by atoms with Gasteiger partial charge in [-0.25, -0.2) is 4.79 Å². The van der Waals surface area contributed by atoms with Crippen molar-refractivity contribution in [3.63, 3.8) is 0 Å². The van der Waals surface area contributed by atoms with E-state index in [1.165, 1.54) is 11.1 Å². The quantitative estimate of drug-likeness (QED) is 0.757. The van der Waals surface area contributed by atoms with Crippen LogP contribution in [-0.2, 0) is 7.05 Å². The molecule has 1 aliphatic rings. The van der Waals surface area contributed by atoms with Gasteiger partial charge < -0.3 is 10.4 Å². The molecule has 0 aromatic carbocycles. The molecule has 0 saturated heterocycles. The van der Waals surface area contributed by atoms with E-state index in [9.17, 15) is 4.79 Å². The number of carbonyl (C=O) groups is 1. The summed E-state index contributed by atoms with van der Waals surface area (Å²) in [5.41, 5.74) is 0.740. The fraction of sp³-hybridized carbons (Fsp3) is 0.556. The molecule has 5 heteroatoms. The van der Waals surface area contributed by atoms with Crippen LogP contribution in [-0.4, -0.2) is 26.9 Å². The highest BCUT2D eigenvalue weighted by Crippen LogP contribution is 2.24. The molecule has 0 aliphatic heterocycles. The van der Waals surface area contributed by atoms with Crippen molar-refractivity contribution in [3.05, 3.63) is 11.9 Å². The minimum absolute atomic E-state index is 0.111. The van der Waals surface area contributed by atoms with Crippen LogP contribution in [0.1, 0.15) is 29.8 Å². The number of carboxylic acid groups (broad SMARTS) is 1. The minimum atomic E-state index is -0.979. The lowest BCUT2D eigenvalue weighted by molar-refractivity contribution is 0.0690. The van der Waals surface area contributed by atoms with E-state index in [-0.39, 0.29) is 5.69 Å². The Bertz CT molecular complexity index is 355. The standard InChI is InChI=1S/C9H13N3O2/c1-12-5-7(8(11-12)9(13)14)10-6-3-2-4-6/h5-6,10H,2-4H2,1H3,(H,13,14). The fourth-order valence-electron chi connectivity index (χ4n) is 1.52. The number of aromatic carboxylic acids is 1. The second-order valence-corrected chi connectivity index (χ2v) is 3.64. The summed E-state index contributed by atoms with van der Waals surface area (Å²) in [6, 6.07) is 0.428. The van der Waals surface area contributed by atoms with Gasteiger partial charge in [-0.1, -0.05) is 0 Å². The number of nitrogens with one attached hydrogen (secondary N) is 1. The van der Waals surface area contributed by atoms with Crippen LogP contribution in [0.15, 0.2) is 6.20 Å². The molecule has 0 radical (unpaired) electrons. The molecule has 0 unspecified atom stereocenters. The van der Waals surface area contributed by atoms with Gasteiger partial charge >= 0.3 is 5.97 Å². The number of nitrogens with zero attached hydrogens (tertiary/aromatic N) is 2. The summed E-state index contributed by atoms with van der Waals surface area (Å²) < 4.78 is 1.52. The van der Waals surface area contributed by atoms with Gasteiger partial charge in [0.1, 0.15) is 0 Å². The Hall–Kier alpha value is -1.52. The molecule has 0 spiro atoms. The average molecular weight is 195 g/mol. The summed E-state index contributed by atoms with van der Waals surface area (Å²) in [6.45, 7) is 0. The summed E-state index contributed by atoms with van der Waals surface area (Å²) in [5, 5.41) is 15.9. The highest BCUT2D eigenvalue weighted by molar-refractivity contribution is 5.91. The van der Waals surface area contributed by atoms with E-state index >= 15 is 0 Å². The highest BCUT2D eigenvalue weighted by Gasteiger charge is 2.21. The molecule has 1 aromatic rings. The summed E-state index contributed by atoms with van der Waals surface area (Å²) in [5.74, 6) is -0.979. The van der Waals surface area contributed by atoms with Crippen LogP contribution in [0, 0.1) is 0 Å². The van der Waals surface area contributed by atoms with E-state index in [0.717, 1.165) is 12.8 Å². The van der Waals surface area contributed by atoms with Crippen molar-refractivity contribution >= 4 is 11.7 Å². The van der Waals surface area contributed by atoms with E-state index in [2.05, 4.69) is 10.4 Å². The number of carboxylic acids is 1. The molecular formula is C9H13N3O2. The van der Waals surface area contributed by atoms with Crippen molar-refractivity contribution in [2.24, 2.45) is 7.05 Å². The number of hydrogen-bond donors (Lipinski definition) is 2. The Morgan fingerprint density at radius 1 is 1.71 bits per heavy atom. The van der Waals surface area contributed by atoms with Crippen molar-refractivity contribution in [2.75, 3.05) is 5.32 Å². The first-order valence-electron chi connectivity index (χ1n) is 4.70. The Morgan fingerprint density at radius 3 is 2.93 bits per heavy atom. The Labute approximate surface area is 81.7 Å². The monoisotopic (exact) mass is 195 g/mol. The number of anilines is 1. The summed E-state index contributed by atoms with van der Waals surface area (Å²) >= 11 is 0. The molecule has 5 nitrogen and oxygen atoms in total. The Morgan fingerprint density at radius 2 is 2.43 bits per heavy atom. The zero-order valence-corrected chi connectivity index (χ0v) is 8.03. The lowest BCUT2D eigenvalue weighted by Gasteiger charge is -2.26. The third kappa shape index (κ3) is 1.57. The van der Waals surface area contributed by atoms with Gasteiger partial charge in [0.25, 0.3) is 0 Å². The topological polar surface area (TPSA) is 67.2 Å². The molecule has 2 rings (SSSR count). The van der Waals surface area contributed by atoms with E-state index in [4.69, 9.17) is 5.11 Å². The molecule has 2 N–H and O–H groups in total. The van der Waals surface area contributed by atoms with Gasteiger partial charge in [0.15, 0.2) is 5.69 Å². The zero-order chi connectivity index (χ0) is 10.1. The molecule has 1 heterocycles. The second kappa shape index (κ2) is 3.32. The predicted octanol–water partition coefficient (Wildman–Crippen LogP) is 1.08. The van der Waals surface area contributed by atoms with E-state index in [1.54, 1.807) is 13.2 Å². The van der Waals surface area contributed by atoms with Crippen molar-refractivity contribution in [2.45, 2.75) is 25.3 Å². The van der Waals surface area contributed by atoms with Crippen LogP contribution in [0.4, 0.5) is 5.69 Å². The number of aromatic nitrogens is 2. The first kappa shape index (κ1) is 9.05.